The molecule has 0 aromatic carbocycles. The van der Waals surface area contributed by atoms with Crippen molar-refractivity contribution in [3.8, 4) is 0 Å². The van der Waals surface area contributed by atoms with Gasteiger partial charge in [-0.3, -0.25) is 9.59 Å². The Morgan fingerprint density at radius 3 is 1.89 bits per heavy atom. The number of hydrogen-bond donors (Lipinski definition) is 2. The molecule has 0 aliphatic carbocycles. The summed E-state index contributed by atoms with van der Waals surface area (Å²) in [5.41, 5.74) is 0. The molecule has 0 aromatic rings. The normalized spacial score (nSPS) is 12.5. The van der Waals surface area contributed by atoms with Gasteiger partial charge in [0.15, 0.2) is 0 Å². The Bertz CT molecular complexity index is 350. The monoisotopic (exact) mass is 396 g/mol. The Balaban J connectivity index is 0. The molecule has 0 bridgehead atoms. The highest BCUT2D eigenvalue weighted by Gasteiger charge is 2.25. The van der Waals surface area contributed by atoms with Crippen molar-refractivity contribution in [2.75, 3.05) is 52.9 Å². The highest BCUT2D eigenvalue weighted by Crippen LogP contribution is 2.09. The van der Waals surface area contributed by atoms with Crippen LogP contribution < -0.4 is 0 Å². The van der Waals surface area contributed by atoms with Crippen LogP contribution in [-0.4, -0.2) is 87.2 Å². The van der Waals surface area contributed by atoms with Crippen molar-refractivity contribution in [3.63, 3.8) is 0 Å². The van der Waals surface area contributed by atoms with Crippen LogP contribution in [0.2, 0.25) is 0 Å². The summed E-state index contributed by atoms with van der Waals surface area (Å²) in [6.45, 7) is 7.69. The third-order valence-electron chi connectivity index (χ3n) is 2.93. The Morgan fingerprint density at radius 1 is 0.815 bits per heavy atom. The predicted octanol–water partition coefficient (Wildman–Crippen LogP) is 0.691. The molecule has 0 fully saturated rings. The van der Waals surface area contributed by atoms with Gasteiger partial charge in [0.25, 0.3) is 0 Å². The molecule has 2 N–H and O–H groups in total. The second kappa shape index (κ2) is 21.0. The van der Waals surface area contributed by atoms with Crippen LogP contribution >= 0.6 is 0 Å². The molecule has 0 spiro atoms. The highest BCUT2D eigenvalue weighted by atomic mass is 16.6. The largest absolute Gasteiger partial charge is 0.463 e. The van der Waals surface area contributed by atoms with Gasteiger partial charge < -0.3 is 33.9 Å². The molecular formula is C18H36O9. The lowest BCUT2D eigenvalue weighted by Gasteiger charge is -2.27. The van der Waals surface area contributed by atoms with Gasteiger partial charge in [0.2, 0.25) is 0 Å². The van der Waals surface area contributed by atoms with Gasteiger partial charge in [-0.2, -0.15) is 0 Å². The molecule has 9 nitrogen and oxygen atoms in total. The summed E-state index contributed by atoms with van der Waals surface area (Å²) in [5, 5.41) is 16.5. The summed E-state index contributed by atoms with van der Waals surface area (Å²) in [5.74, 6) is -0.788. The topological polar surface area (TPSA) is 121 Å². The Kier molecular flexibility index (Phi) is 21.8. The van der Waals surface area contributed by atoms with Crippen molar-refractivity contribution in [1.29, 1.82) is 0 Å². The van der Waals surface area contributed by atoms with Crippen LogP contribution in [0.4, 0.5) is 0 Å². The van der Waals surface area contributed by atoms with E-state index in [2.05, 4.69) is 0 Å². The van der Waals surface area contributed by atoms with Gasteiger partial charge in [-0.15, -0.1) is 0 Å². The van der Waals surface area contributed by atoms with Crippen molar-refractivity contribution in [3.05, 3.63) is 0 Å². The third kappa shape index (κ3) is 20.9. The van der Waals surface area contributed by atoms with E-state index < -0.39 is 18.2 Å². The van der Waals surface area contributed by atoms with Crippen LogP contribution in [0.25, 0.3) is 0 Å². The molecule has 162 valence electrons. The predicted molar refractivity (Wildman–Crippen MR) is 98.3 cm³/mol. The van der Waals surface area contributed by atoms with Gasteiger partial charge in [0.1, 0.15) is 25.4 Å². The van der Waals surface area contributed by atoms with Crippen molar-refractivity contribution in [1.82, 2.24) is 0 Å². The number of rotatable bonds is 15. The summed E-state index contributed by atoms with van der Waals surface area (Å²) in [6.07, 6.45) is 0.850. The van der Waals surface area contributed by atoms with Crippen molar-refractivity contribution in [2.24, 2.45) is 0 Å². The maximum Gasteiger partial charge on any atom is 0.302 e. The molecular weight excluding hydrogens is 360 g/mol. The van der Waals surface area contributed by atoms with E-state index in [9.17, 15) is 9.59 Å². The number of unbranched alkanes of at least 4 members (excludes halogenated alkanes) is 1. The number of esters is 2. The van der Waals surface area contributed by atoms with Gasteiger partial charge in [-0.05, 0) is 13.3 Å². The Hall–Kier alpha value is -1.26. The van der Waals surface area contributed by atoms with E-state index >= 15 is 0 Å². The van der Waals surface area contributed by atoms with Crippen LogP contribution in [0.5, 0.6) is 0 Å². The smallest absolute Gasteiger partial charge is 0.302 e. The zero-order valence-electron chi connectivity index (χ0n) is 17.0. The van der Waals surface area contributed by atoms with E-state index in [4.69, 9.17) is 33.9 Å². The lowest BCUT2D eigenvalue weighted by atomic mass is 10.2. The molecule has 0 rings (SSSR count). The van der Waals surface area contributed by atoms with E-state index in [0.717, 1.165) is 12.8 Å². The minimum absolute atomic E-state index is 0.0133. The fraction of sp³-hybridized carbons (Fsp3) is 0.889. The number of aliphatic hydroxyl groups is 2. The van der Waals surface area contributed by atoms with Crippen LogP contribution in [0.1, 0.15) is 40.5 Å². The third-order valence-corrected chi connectivity index (χ3v) is 2.93. The minimum Gasteiger partial charge on any atom is -0.463 e. The average Bonchev–Trinajstić information content (AvgIpc) is 2.61. The van der Waals surface area contributed by atoms with Crippen LogP contribution in [0.15, 0.2) is 0 Å². The van der Waals surface area contributed by atoms with Gasteiger partial charge in [-0.1, -0.05) is 13.3 Å². The number of ether oxygens (including phenoxy) is 5. The van der Waals surface area contributed by atoms with E-state index in [1.807, 2.05) is 6.92 Å². The van der Waals surface area contributed by atoms with E-state index in [1.54, 1.807) is 6.92 Å². The zero-order chi connectivity index (χ0) is 20.9. The number of hydrogen-bond acceptors (Lipinski definition) is 9. The summed E-state index contributed by atoms with van der Waals surface area (Å²) in [7, 11) is 0. The lowest BCUT2D eigenvalue weighted by Crippen LogP contribution is -2.40. The molecule has 0 radical (unpaired) electrons. The van der Waals surface area contributed by atoms with Crippen molar-refractivity contribution in [2.45, 2.75) is 52.7 Å². The molecule has 0 amide bonds. The van der Waals surface area contributed by atoms with E-state index in [-0.39, 0.29) is 52.2 Å². The maximum atomic E-state index is 11.0. The first-order valence-corrected chi connectivity index (χ1v) is 9.22. The van der Waals surface area contributed by atoms with Gasteiger partial charge in [0.05, 0.1) is 26.4 Å². The molecule has 0 heterocycles. The number of carbonyl (C=O) groups excluding carboxylic acids is 2. The minimum atomic E-state index is -0.549. The first kappa shape index (κ1) is 28.0. The molecule has 0 aliphatic rings. The maximum absolute atomic E-state index is 11.0. The molecule has 2 unspecified atom stereocenters. The molecule has 0 saturated heterocycles. The number of aliphatic hydroxyl groups excluding tert-OH is 2. The van der Waals surface area contributed by atoms with Gasteiger partial charge in [0, 0.05) is 27.1 Å². The SMILES string of the molecule is CCCCOC(COCCOC(C)=O)C(COC(C)=O)OCCO.CCO. The molecule has 0 aromatic heterocycles. The van der Waals surface area contributed by atoms with Crippen molar-refractivity contribution < 1.29 is 43.5 Å². The molecule has 9 heteroatoms. The Morgan fingerprint density at radius 2 is 1.37 bits per heavy atom. The second-order valence-electron chi connectivity index (χ2n) is 5.43. The summed E-state index contributed by atoms with van der Waals surface area (Å²) >= 11 is 0. The lowest BCUT2D eigenvalue weighted by molar-refractivity contribution is -0.157. The fourth-order valence-corrected chi connectivity index (χ4v) is 1.75. The van der Waals surface area contributed by atoms with Gasteiger partial charge in [-0.25, -0.2) is 0 Å². The first-order valence-electron chi connectivity index (χ1n) is 9.22. The zero-order valence-corrected chi connectivity index (χ0v) is 17.0. The van der Waals surface area contributed by atoms with Crippen LogP contribution in [0, 0.1) is 0 Å². The summed E-state index contributed by atoms with van der Waals surface area (Å²) in [4.78, 5) is 21.7. The standard InChI is InChI=1S/C16H30O8.C2H6O/c1-4-5-7-22-15(11-20-9-10-21-13(2)18)16(23-8-6-17)12-24-14(3)19;1-2-3/h15-17H,4-12H2,1-3H3;3H,2H2,1H3. The Labute approximate surface area is 161 Å². The van der Waals surface area contributed by atoms with Gasteiger partial charge >= 0.3 is 11.9 Å². The fourth-order valence-electron chi connectivity index (χ4n) is 1.75. The van der Waals surface area contributed by atoms with E-state index in [1.165, 1.54) is 13.8 Å². The molecule has 27 heavy (non-hydrogen) atoms. The first-order chi connectivity index (χ1) is 12.9. The summed E-state index contributed by atoms with van der Waals surface area (Å²) in [6, 6.07) is 0. The molecule has 0 saturated carbocycles. The van der Waals surface area contributed by atoms with E-state index in [0.29, 0.717) is 6.61 Å². The average molecular weight is 396 g/mol. The van der Waals surface area contributed by atoms with Crippen LogP contribution in [-0.2, 0) is 33.3 Å². The summed E-state index contributed by atoms with van der Waals surface area (Å²) < 4.78 is 26.5. The second-order valence-corrected chi connectivity index (χ2v) is 5.43. The number of carbonyl (C=O) groups is 2. The highest BCUT2D eigenvalue weighted by molar-refractivity contribution is 5.66. The quantitative estimate of drug-likeness (QED) is 0.304. The molecule has 0 aliphatic heterocycles. The van der Waals surface area contributed by atoms with Crippen molar-refractivity contribution >= 4 is 11.9 Å². The molecule has 2 atom stereocenters. The van der Waals surface area contributed by atoms with Crippen LogP contribution in [0.3, 0.4) is 0 Å².